The van der Waals surface area contributed by atoms with Gasteiger partial charge in [-0.05, 0) is 73.7 Å². The Labute approximate surface area is 242 Å². The molecule has 2 aromatic carbocycles. The molecule has 9 heteroatoms. The van der Waals surface area contributed by atoms with Crippen molar-refractivity contribution in [3.05, 3.63) is 59.2 Å². The zero-order valence-corrected chi connectivity index (χ0v) is 22.7. The molecule has 38 heavy (non-hydrogen) atoms. The molecule has 0 aliphatic heterocycles. The molecule has 1 unspecified atom stereocenters. The molecule has 1 fully saturated rings. The number of primary amides is 1. The molecule has 1 aliphatic rings. The Balaban J connectivity index is 0.00000507. The van der Waals surface area contributed by atoms with Gasteiger partial charge in [-0.25, -0.2) is 4.72 Å². The molecule has 7 nitrogen and oxygen atoms in total. The van der Waals surface area contributed by atoms with Crippen molar-refractivity contribution < 1.29 is 19.5 Å². The van der Waals surface area contributed by atoms with Crippen molar-refractivity contribution in [1.29, 1.82) is 0 Å². The zero-order valence-electron chi connectivity index (χ0n) is 21.9. The second-order valence-electron chi connectivity index (χ2n) is 10.1. The van der Waals surface area contributed by atoms with Gasteiger partial charge in [0, 0.05) is 30.5 Å². The zero-order chi connectivity index (χ0) is 26.8. The second-order valence-corrected chi connectivity index (χ2v) is 10.9. The average molecular weight is 534 g/mol. The Morgan fingerprint density at radius 3 is 2.47 bits per heavy atom. The Morgan fingerprint density at radius 1 is 1.11 bits per heavy atom. The van der Waals surface area contributed by atoms with Crippen LogP contribution in [0.5, 0.6) is 0 Å². The molecule has 0 spiro atoms. The van der Waals surface area contributed by atoms with Crippen LogP contribution in [0.4, 0.5) is 0 Å². The minimum atomic E-state index is -1.13. The van der Waals surface area contributed by atoms with E-state index in [0.717, 1.165) is 53.2 Å². The van der Waals surface area contributed by atoms with E-state index in [9.17, 15) is 19.5 Å². The third kappa shape index (κ3) is 9.90. The number of benzene rings is 2. The van der Waals surface area contributed by atoms with Crippen LogP contribution >= 0.6 is 11.9 Å². The third-order valence-electron chi connectivity index (χ3n) is 7.11. The first-order valence-corrected chi connectivity index (χ1v) is 13.9. The number of hydrogen-bond acceptors (Lipinski definition) is 6. The van der Waals surface area contributed by atoms with Crippen molar-refractivity contribution in [1.82, 2.24) is 9.62 Å². The molecular weight excluding hydrogens is 493 g/mol. The van der Waals surface area contributed by atoms with Crippen LogP contribution in [-0.2, 0) is 16.1 Å². The normalized spacial score (nSPS) is 14.6. The van der Waals surface area contributed by atoms with Crippen LogP contribution in [0.15, 0.2) is 42.5 Å². The molecule has 202 valence electrons. The first-order valence-electron chi connectivity index (χ1n) is 13.1. The molecule has 1 atom stereocenters. The molecule has 3 rings (SSSR count). The van der Waals surface area contributed by atoms with Crippen molar-refractivity contribution in [2.24, 2.45) is 11.7 Å². The fourth-order valence-corrected chi connectivity index (χ4v) is 5.69. The number of amides is 1. The summed E-state index contributed by atoms with van der Waals surface area (Å²) in [6.07, 6.45) is 7.94. The fraction of sp³-hybridized carbons (Fsp3) is 0.483. The van der Waals surface area contributed by atoms with Gasteiger partial charge in [-0.1, -0.05) is 62.4 Å². The summed E-state index contributed by atoms with van der Waals surface area (Å²) in [6, 6.07) is 12.8. The van der Waals surface area contributed by atoms with Gasteiger partial charge >= 0.3 is 24.8 Å². The average Bonchev–Trinajstić information content (AvgIpc) is 2.88. The number of carbonyl (C=O) groups is 3. The molecular formula is C29H40LiN3O4S. The number of aliphatic carboxylic acids is 1. The molecule has 0 aromatic heterocycles. The number of rotatable bonds is 13. The number of nitrogens with one attached hydrogen (secondary N) is 1. The molecule has 0 radical (unpaired) electrons. The fourth-order valence-electron chi connectivity index (χ4n) is 4.93. The van der Waals surface area contributed by atoms with Gasteiger partial charge < -0.3 is 15.7 Å². The molecule has 0 heterocycles. The number of hydrogen-bond donors (Lipinski definition) is 3. The summed E-state index contributed by atoms with van der Waals surface area (Å²) in [7, 11) is 2.15. The summed E-state index contributed by atoms with van der Waals surface area (Å²) >= 11 is 0.744. The number of carbonyl (C=O) groups excluding carboxylic acids is 2. The van der Waals surface area contributed by atoms with Crippen molar-refractivity contribution in [2.75, 3.05) is 13.6 Å². The Kier molecular flexibility index (Phi) is 13.6. The summed E-state index contributed by atoms with van der Waals surface area (Å²) < 4.78 is 2.71. The quantitative estimate of drug-likeness (QED) is 0.256. The van der Waals surface area contributed by atoms with Gasteiger partial charge in [0.1, 0.15) is 6.04 Å². The molecule has 1 amide bonds. The van der Waals surface area contributed by atoms with Crippen LogP contribution < -0.4 is 10.5 Å². The van der Waals surface area contributed by atoms with Crippen LogP contribution in [0, 0.1) is 12.8 Å². The van der Waals surface area contributed by atoms with E-state index in [-0.39, 0.29) is 36.8 Å². The van der Waals surface area contributed by atoms with Crippen LogP contribution in [0.2, 0.25) is 0 Å². The van der Waals surface area contributed by atoms with Gasteiger partial charge in [0.25, 0.3) is 0 Å². The number of carboxylic acids is 1. The molecule has 1 aliphatic carbocycles. The topological polar surface area (TPSA) is 113 Å². The van der Waals surface area contributed by atoms with E-state index >= 15 is 0 Å². The van der Waals surface area contributed by atoms with E-state index in [1.54, 1.807) is 0 Å². The van der Waals surface area contributed by atoms with E-state index in [2.05, 4.69) is 22.7 Å². The van der Waals surface area contributed by atoms with Gasteiger partial charge in [-0.2, -0.15) is 0 Å². The van der Waals surface area contributed by atoms with Crippen LogP contribution in [-0.4, -0.2) is 65.5 Å². The number of carboxylic acid groups (broad SMARTS) is 1. The summed E-state index contributed by atoms with van der Waals surface area (Å²) in [5.74, 6) is -0.876. The van der Waals surface area contributed by atoms with Gasteiger partial charge in [0.05, 0.1) is 0 Å². The van der Waals surface area contributed by atoms with E-state index in [1.807, 2.05) is 43.3 Å². The number of nitrogens with zero attached hydrogens (tertiary/aromatic N) is 1. The SMILES string of the molecule is Cc1ccccc1-c1cc(CN(C)CCC2CCCCC2)ccc1C(=O)SNC(CCC(N)=O)C(=O)O.[LiH]. The summed E-state index contributed by atoms with van der Waals surface area (Å²) in [5, 5.41) is 9.16. The molecule has 0 bridgehead atoms. The monoisotopic (exact) mass is 533 g/mol. The van der Waals surface area contributed by atoms with Gasteiger partial charge in [0.15, 0.2) is 0 Å². The maximum atomic E-state index is 13.2. The number of aryl methyl sites for hydroxylation is 1. The van der Waals surface area contributed by atoms with Crippen molar-refractivity contribution >= 4 is 47.8 Å². The van der Waals surface area contributed by atoms with E-state index in [1.165, 1.54) is 38.5 Å². The Morgan fingerprint density at radius 2 is 1.82 bits per heavy atom. The minimum absolute atomic E-state index is 0. The predicted octanol–water partition coefficient (Wildman–Crippen LogP) is 4.51. The van der Waals surface area contributed by atoms with E-state index in [0.29, 0.717) is 5.56 Å². The second kappa shape index (κ2) is 16.1. The van der Waals surface area contributed by atoms with E-state index < -0.39 is 17.9 Å². The van der Waals surface area contributed by atoms with Crippen LogP contribution in [0.1, 0.15) is 72.9 Å². The van der Waals surface area contributed by atoms with Crippen molar-refractivity contribution in [3.8, 4) is 11.1 Å². The van der Waals surface area contributed by atoms with Crippen molar-refractivity contribution in [2.45, 2.75) is 70.9 Å². The van der Waals surface area contributed by atoms with Gasteiger partial charge in [0.2, 0.25) is 11.0 Å². The standard InChI is InChI=1S/C29H39N3O4S.Li.H/c1-20-8-6-7-11-23(20)25-18-22(19-32(2)17-16-21-9-4-3-5-10-21)12-13-24(25)29(36)37-31-26(28(34)35)14-15-27(30)33;;/h6-8,11-13,18,21,26,31H,3-5,9-10,14-17,19H2,1-2H3,(H2,30,33)(H,34,35);;. The third-order valence-corrected chi connectivity index (χ3v) is 7.91. The summed E-state index contributed by atoms with van der Waals surface area (Å²) in [6.45, 7) is 3.86. The molecule has 0 saturated heterocycles. The van der Waals surface area contributed by atoms with Crippen LogP contribution in [0.3, 0.4) is 0 Å². The molecule has 4 N–H and O–H groups in total. The maximum absolute atomic E-state index is 13.2. The molecule has 2 aromatic rings. The van der Waals surface area contributed by atoms with Crippen LogP contribution in [0.25, 0.3) is 11.1 Å². The Hall–Kier alpha value is -2.08. The summed E-state index contributed by atoms with van der Waals surface area (Å²) in [4.78, 5) is 38.2. The predicted molar refractivity (Wildman–Crippen MR) is 156 cm³/mol. The molecule has 1 saturated carbocycles. The first-order chi connectivity index (χ1) is 17.7. The van der Waals surface area contributed by atoms with Gasteiger partial charge in [-0.15, -0.1) is 0 Å². The number of nitrogens with two attached hydrogens (primary N) is 1. The van der Waals surface area contributed by atoms with Crippen molar-refractivity contribution in [3.63, 3.8) is 0 Å². The Bertz CT molecular complexity index is 1090. The first kappa shape index (κ1) is 32.1. The van der Waals surface area contributed by atoms with E-state index in [4.69, 9.17) is 5.73 Å². The van der Waals surface area contributed by atoms with Gasteiger partial charge in [-0.3, -0.25) is 14.4 Å². The summed E-state index contributed by atoms with van der Waals surface area (Å²) in [5.41, 5.74) is 9.66.